The zero-order valence-corrected chi connectivity index (χ0v) is 11.7. The summed E-state index contributed by atoms with van der Waals surface area (Å²) in [6, 6.07) is 5.10. The van der Waals surface area contributed by atoms with Gasteiger partial charge in [-0.3, -0.25) is 10.1 Å². The number of benzene rings is 1. The smallest absolute Gasteiger partial charge is 0.333 e. The molecule has 1 aromatic carbocycles. The van der Waals surface area contributed by atoms with Crippen LogP contribution in [0.4, 0.5) is 11.4 Å². The first kappa shape index (κ1) is 14.6. The van der Waals surface area contributed by atoms with Crippen LogP contribution < -0.4 is 15.8 Å². The molecule has 1 saturated carbocycles. The maximum absolute atomic E-state index is 11.3. The molecule has 20 heavy (non-hydrogen) atoms. The highest BCUT2D eigenvalue weighted by molar-refractivity contribution is 5.69. The molecule has 110 valence electrons. The molecule has 6 nitrogen and oxygen atoms in total. The standard InChI is InChI=1S/C14H21N3O3/c1-2-20-12-7-5-6-11(13(12)17(18)19)16-14(10-15)8-3-4-9-14/h5-7,16H,2-4,8-10,15H2,1H3. The Kier molecular flexibility index (Phi) is 4.44. The molecule has 1 aromatic rings. The minimum absolute atomic E-state index is 0.00549. The predicted octanol–water partition coefficient (Wildman–Crippen LogP) is 2.68. The van der Waals surface area contributed by atoms with Gasteiger partial charge in [0.1, 0.15) is 5.69 Å². The number of hydrogen-bond donors (Lipinski definition) is 2. The van der Waals surface area contributed by atoms with Gasteiger partial charge in [0.2, 0.25) is 0 Å². The van der Waals surface area contributed by atoms with Gasteiger partial charge in [-0.2, -0.15) is 0 Å². The number of para-hydroxylation sites is 1. The number of nitrogens with one attached hydrogen (secondary N) is 1. The minimum Gasteiger partial charge on any atom is -0.487 e. The van der Waals surface area contributed by atoms with Crippen LogP contribution in [0, 0.1) is 10.1 Å². The highest BCUT2D eigenvalue weighted by atomic mass is 16.6. The second-order valence-electron chi connectivity index (χ2n) is 5.16. The topological polar surface area (TPSA) is 90.4 Å². The third-order valence-electron chi connectivity index (χ3n) is 3.83. The third-order valence-corrected chi connectivity index (χ3v) is 3.83. The van der Waals surface area contributed by atoms with Crippen LogP contribution in [-0.2, 0) is 0 Å². The highest BCUT2D eigenvalue weighted by Crippen LogP contribution is 2.39. The van der Waals surface area contributed by atoms with Gasteiger partial charge in [-0.25, -0.2) is 0 Å². The largest absolute Gasteiger partial charge is 0.487 e. The Bertz CT molecular complexity index is 485. The van der Waals surface area contributed by atoms with Gasteiger partial charge in [0.05, 0.1) is 11.5 Å². The van der Waals surface area contributed by atoms with Crippen LogP contribution in [0.3, 0.4) is 0 Å². The molecule has 0 amide bonds. The summed E-state index contributed by atoms with van der Waals surface area (Å²) >= 11 is 0. The van der Waals surface area contributed by atoms with Gasteiger partial charge in [-0.05, 0) is 31.9 Å². The SMILES string of the molecule is CCOc1cccc(NC2(CN)CCCC2)c1[N+](=O)[O-]. The van der Waals surface area contributed by atoms with E-state index in [1.165, 1.54) is 0 Å². The maximum Gasteiger partial charge on any atom is 0.333 e. The Morgan fingerprint density at radius 2 is 2.15 bits per heavy atom. The van der Waals surface area contributed by atoms with E-state index < -0.39 is 4.92 Å². The second kappa shape index (κ2) is 6.09. The summed E-state index contributed by atoms with van der Waals surface area (Å²) in [6.07, 6.45) is 4.09. The zero-order chi connectivity index (χ0) is 14.6. The van der Waals surface area contributed by atoms with Crippen molar-refractivity contribution >= 4 is 11.4 Å². The van der Waals surface area contributed by atoms with Gasteiger partial charge in [0.15, 0.2) is 5.75 Å². The van der Waals surface area contributed by atoms with Crippen molar-refractivity contribution in [2.75, 3.05) is 18.5 Å². The number of rotatable bonds is 6. The van der Waals surface area contributed by atoms with Gasteiger partial charge >= 0.3 is 5.69 Å². The summed E-state index contributed by atoms with van der Waals surface area (Å²) in [7, 11) is 0. The van der Waals surface area contributed by atoms with Crippen LogP contribution in [0.1, 0.15) is 32.6 Å². The Hall–Kier alpha value is -1.82. The zero-order valence-electron chi connectivity index (χ0n) is 11.7. The number of anilines is 1. The van der Waals surface area contributed by atoms with E-state index in [0.717, 1.165) is 25.7 Å². The Morgan fingerprint density at radius 1 is 1.45 bits per heavy atom. The minimum atomic E-state index is -0.396. The molecule has 1 aliphatic rings. The Balaban J connectivity index is 2.35. The molecule has 0 bridgehead atoms. The number of nitrogens with zero attached hydrogens (tertiary/aromatic N) is 1. The van der Waals surface area contributed by atoms with Crippen LogP contribution in [0.2, 0.25) is 0 Å². The van der Waals surface area contributed by atoms with Gasteiger partial charge < -0.3 is 15.8 Å². The molecule has 6 heteroatoms. The molecule has 0 saturated heterocycles. The van der Waals surface area contributed by atoms with Gasteiger partial charge in [-0.15, -0.1) is 0 Å². The normalized spacial score (nSPS) is 16.9. The molecule has 0 spiro atoms. The second-order valence-corrected chi connectivity index (χ2v) is 5.16. The molecule has 1 fully saturated rings. The van der Waals surface area contributed by atoms with E-state index in [1.807, 2.05) is 6.92 Å². The lowest BCUT2D eigenvalue weighted by Gasteiger charge is -2.29. The fourth-order valence-electron chi connectivity index (χ4n) is 2.80. The number of nitrogens with two attached hydrogens (primary N) is 1. The Labute approximate surface area is 118 Å². The fourth-order valence-corrected chi connectivity index (χ4v) is 2.80. The average molecular weight is 279 g/mol. The van der Waals surface area contributed by atoms with Crippen LogP contribution in [0.15, 0.2) is 18.2 Å². The molecule has 3 N–H and O–H groups in total. The van der Waals surface area contributed by atoms with Gasteiger partial charge in [-0.1, -0.05) is 18.9 Å². The first-order chi connectivity index (χ1) is 9.62. The summed E-state index contributed by atoms with van der Waals surface area (Å²) in [5.74, 6) is 0.299. The molecule has 0 heterocycles. The third kappa shape index (κ3) is 2.85. The molecule has 0 atom stereocenters. The lowest BCUT2D eigenvalue weighted by atomic mass is 9.97. The molecule has 1 aliphatic carbocycles. The predicted molar refractivity (Wildman–Crippen MR) is 78.1 cm³/mol. The van der Waals surface area contributed by atoms with Crippen LogP contribution in [-0.4, -0.2) is 23.6 Å². The van der Waals surface area contributed by atoms with Crippen molar-refractivity contribution in [3.63, 3.8) is 0 Å². The van der Waals surface area contributed by atoms with Gasteiger partial charge in [0.25, 0.3) is 0 Å². The number of nitro groups is 1. The highest BCUT2D eigenvalue weighted by Gasteiger charge is 2.34. The number of ether oxygens (including phenoxy) is 1. The Morgan fingerprint density at radius 3 is 2.70 bits per heavy atom. The number of hydrogen-bond acceptors (Lipinski definition) is 5. The summed E-state index contributed by atoms with van der Waals surface area (Å²) < 4.78 is 5.36. The quantitative estimate of drug-likeness (QED) is 0.617. The van der Waals surface area contributed by atoms with Crippen molar-refractivity contribution in [1.82, 2.24) is 0 Å². The maximum atomic E-state index is 11.3. The van der Waals surface area contributed by atoms with Gasteiger partial charge in [0, 0.05) is 12.1 Å². The van der Waals surface area contributed by atoms with E-state index in [4.69, 9.17) is 10.5 Å². The summed E-state index contributed by atoms with van der Waals surface area (Å²) in [6.45, 7) is 2.68. The van der Waals surface area contributed by atoms with Crippen molar-refractivity contribution in [3.8, 4) is 5.75 Å². The molecular weight excluding hydrogens is 258 g/mol. The van der Waals surface area contributed by atoms with Crippen molar-refractivity contribution < 1.29 is 9.66 Å². The van der Waals surface area contributed by atoms with E-state index in [0.29, 0.717) is 24.6 Å². The molecular formula is C14H21N3O3. The lowest BCUT2D eigenvalue weighted by molar-refractivity contribution is -0.385. The lowest BCUT2D eigenvalue weighted by Crippen LogP contribution is -2.42. The summed E-state index contributed by atoms with van der Waals surface area (Å²) in [5, 5.41) is 14.6. The van der Waals surface area contributed by atoms with E-state index >= 15 is 0 Å². The van der Waals surface area contributed by atoms with E-state index in [9.17, 15) is 10.1 Å². The molecule has 0 aromatic heterocycles. The van der Waals surface area contributed by atoms with Crippen molar-refractivity contribution in [3.05, 3.63) is 28.3 Å². The molecule has 2 rings (SSSR count). The molecule has 0 unspecified atom stereocenters. The summed E-state index contributed by atoms with van der Waals surface area (Å²) in [5.41, 5.74) is 6.14. The molecule has 0 radical (unpaired) electrons. The van der Waals surface area contributed by atoms with Crippen molar-refractivity contribution in [1.29, 1.82) is 0 Å². The number of nitro benzene ring substituents is 1. The molecule has 0 aliphatic heterocycles. The van der Waals surface area contributed by atoms with E-state index in [-0.39, 0.29) is 11.2 Å². The van der Waals surface area contributed by atoms with Crippen LogP contribution >= 0.6 is 0 Å². The first-order valence-corrected chi connectivity index (χ1v) is 7.00. The van der Waals surface area contributed by atoms with E-state index in [2.05, 4.69) is 5.32 Å². The van der Waals surface area contributed by atoms with Crippen LogP contribution in [0.25, 0.3) is 0 Å². The van der Waals surface area contributed by atoms with Crippen molar-refractivity contribution in [2.45, 2.75) is 38.1 Å². The first-order valence-electron chi connectivity index (χ1n) is 7.00. The van der Waals surface area contributed by atoms with E-state index in [1.54, 1.807) is 18.2 Å². The fraction of sp³-hybridized carbons (Fsp3) is 0.571. The van der Waals surface area contributed by atoms with Crippen molar-refractivity contribution in [2.24, 2.45) is 5.73 Å². The monoisotopic (exact) mass is 279 g/mol. The van der Waals surface area contributed by atoms with Crippen LogP contribution in [0.5, 0.6) is 5.75 Å². The average Bonchev–Trinajstić information content (AvgIpc) is 2.88. The summed E-state index contributed by atoms with van der Waals surface area (Å²) in [4.78, 5) is 10.9.